The molecule has 29 heavy (non-hydrogen) atoms. The Morgan fingerprint density at radius 1 is 1.21 bits per heavy atom. The summed E-state index contributed by atoms with van der Waals surface area (Å²) in [6, 6.07) is 13.7. The zero-order valence-electron chi connectivity index (χ0n) is 16.0. The van der Waals surface area contributed by atoms with Crippen LogP contribution >= 0.6 is 11.6 Å². The molecule has 1 amide bonds. The Morgan fingerprint density at radius 3 is 2.90 bits per heavy atom. The number of hydrogen-bond acceptors (Lipinski definition) is 3. The molecular weight excluding hydrogens is 388 g/mol. The standard InChI is InChI=1S/C23H21ClN2O3/c1-23(5-6-23)22(27)25-12-17-9-16-10-18(24)21(11-19(16)26-17)29-13-14-2-3-15-4-7-28-20(15)8-14/h2-4,7-11,26H,5-6,12-13H2,1H3,(H,25,27). The minimum atomic E-state index is -0.172. The number of aromatic nitrogens is 1. The highest BCUT2D eigenvalue weighted by molar-refractivity contribution is 6.32. The summed E-state index contributed by atoms with van der Waals surface area (Å²) >= 11 is 6.42. The van der Waals surface area contributed by atoms with E-state index in [1.54, 1.807) is 6.26 Å². The molecule has 1 aliphatic rings. The van der Waals surface area contributed by atoms with E-state index in [1.807, 2.05) is 49.4 Å². The molecule has 6 heteroatoms. The Hall–Kier alpha value is -2.92. The molecule has 1 aliphatic carbocycles. The zero-order chi connectivity index (χ0) is 20.0. The Balaban J connectivity index is 1.30. The molecule has 2 N–H and O–H groups in total. The van der Waals surface area contributed by atoms with Gasteiger partial charge in [-0.3, -0.25) is 4.79 Å². The summed E-state index contributed by atoms with van der Waals surface area (Å²) in [4.78, 5) is 15.5. The van der Waals surface area contributed by atoms with Crippen molar-refractivity contribution >= 4 is 39.4 Å². The van der Waals surface area contributed by atoms with Crippen LogP contribution in [-0.2, 0) is 17.9 Å². The molecule has 148 valence electrons. The average molecular weight is 409 g/mol. The molecule has 5 nitrogen and oxygen atoms in total. The maximum absolute atomic E-state index is 12.1. The zero-order valence-corrected chi connectivity index (χ0v) is 16.8. The second-order valence-electron chi connectivity index (χ2n) is 7.99. The Labute approximate surface area is 173 Å². The first-order valence-electron chi connectivity index (χ1n) is 9.69. The van der Waals surface area contributed by atoms with Gasteiger partial charge in [0.25, 0.3) is 0 Å². The van der Waals surface area contributed by atoms with Gasteiger partial charge in [-0.05, 0) is 42.7 Å². The van der Waals surface area contributed by atoms with Gasteiger partial charge in [-0.2, -0.15) is 0 Å². The van der Waals surface area contributed by atoms with Gasteiger partial charge in [-0.15, -0.1) is 0 Å². The van der Waals surface area contributed by atoms with E-state index in [4.69, 9.17) is 20.8 Å². The quantitative estimate of drug-likeness (QED) is 0.438. The first-order valence-corrected chi connectivity index (χ1v) is 10.1. The van der Waals surface area contributed by atoms with Crippen LogP contribution in [0.1, 0.15) is 31.0 Å². The molecule has 0 aliphatic heterocycles. The Bertz CT molecular complexity index is 1220. The number of aromatic amines is 1. The van der Waals surface area contributed by atoms with Gasteiger partial charge in [0.05, 0.1) is 17.8 Å². The van der Waals surface area contributed by atoms with Crippen LogP contribution < -0.4 is 10.1 Å². The number of fused-ring (bicyclic) bond motifs is 2. The average Bonchev–Trinajstić information content (AvgIpc) is 3.13. The number of furan rings is 1. The molecule has 1 saturated carbocycles. The molecule has 0 unspecified atom stereocenters. The summed E-state index contributed by atoms with van der Waals surface area (Å²) in [6.07, 6.45) is 3.61. The molecule has 2 aromatic carbocycles. The summed E-state index contributed by atoms with van der Waals surface area (Å²) in [7, 11) is 0. The summed E-state index contributed by atoms with van der Waals surface area (Å²) in [5.74, 6) is 0.730. The van der Waals surface area contributed by atoms with Crippen LogP contribution in [0.25, 0.3) is 21.9 Å². The van der Waals surface area contributed by atoms with E-state index in [0.717, 1.165) is 46.0 Å². The van der Waals surface area contributed by atoms with Crippen molar-refractivity contribution in [3.05, 3.63) is 65.0 Å². The van der Waals surface area contributed by atoms with E-state index in [-0.39, 0.29) is 11.3 Å². The third-order valence-corrected chi connectivity index (χ3v) is 5.93. The molecule has 0 spiro atoms. The minimum Gasteiger partial charge on any atom is -0.487 e. The number of amides is 1. The lowest BCUT2D eigenvalue weighted by Crippen LogP contribution is -2.29. The Morgan fingerprint density at radius 2 is 2.07 bits per heavy atom. The molecule has 0 atom stereocenters. The fourth-order valence-corrected chi connectivity index (χ4v) is 3.68. The van der Waals surface area contributed by atoms with Crippen molar-refractivity contribution in [1.29, 1.82) is 0 Å². The predicted molar refractivity (Wildman–Crippen MR) is 113 cm³/mol. The Kier molecular flexibility index (Phi) is 4.28. The number of rotatable bonds is 6. The lowest BCUT2D eigenvalue weighted by atomic mass is 10.1. The van der Waals surface area contributed by atoms with Gasteiger partial charge in [-0.25, -0.2) is 0 Å². The maximum Gasteiger partial charge on any atom is 0.226 e. The van der Waals surface area contributed by atoms with Crippen molar-refractivity contribution in [2.24, 2.45) is 5.41 Å². The topological polar surface area (TPSA) is 67.3 Å². The normalized spacial score (nSPS) is 15.0. The van der Waals surface area contributed by atoms with Gasteiger partial charge in [0.15, 0.2) is 0 Å². The molecule has 5 rings (SSSR count). The van der Waals surface area contributed by atoms with E-state index in [9.17, 15) is 4.79 Å². The summed E-state index contributed by atoms with van der Waals surface area (Å²) < 4.78 is 11.4. The minimum absolute atomic E-state index is 0.117. The lowest BCUT2D eigenvalue weighted by molar-refractivity contribution is -0.125. The number of ether oxygens (including phenoxy) is 1. The second kappa shape index (κ2) is 6.85. The van der Waals surface area contributed by atoms with Crippen molar-refractivity contribution in [2.45, 2.75) is 32.9 Å². The molecule has 2 heterocycles. The van der Waals surface area contributed by atoms with Crippen LogP contribution in [0.15, 0.2) is 53.1 Å². The van der Waals surface area contributed by atoms with Crippen molar-refractivity contribution < 1.29 is 13.9 Å². The van der Waals surface area contributed by atoms with Gasteiger partial charge >= 0.3 is 0 Å². The molecule has 0 saturated heterocycles. The van der Waals surface area contributed by atoms with E-state index in [2.05, 4.69) is 10.3 Å². The fourth-order valence-electron chi connectivity index (χ4n) is 3.45. The SMILES string of the molecule is CC1(C(=O)NCc2cc3cc(Cl)c(OCc4ccc5ccoc5c4)cc3[nH]2)CC1. The first-order chi connectivity index (χ1) is 14.0. The lowest BCUT2D eigenvalue weighted by Gasteiger charge is -2.09. The van der Waals surface area contributed by atoms with Gasteiger partial charge in [-0.1, -0.05) is 30.7 Å². The molecule has 0 radical (unpaired) electrons. The second-order valence-corrected chi connectivity index (χ2v) is 8.40. The van der Waals surface area contributed by atoms with Crippen molar-refractivity contribution in [3.8, 4) is 5.75 Å². The third-order valence-electron chi connectivity index (χ3n) is 5.63. The number of nitrogens with one attached hydrogen (secondary N) is 2. The van der Waals surface area contributed by atoms with Crippen LogP contribution in [0.4, 0.5) is 0 Å². The number of carbonyl (C=O) groups is 1. The fraction of sp³-hybridized carbons (Fsp3) is 0.261. The number of H-pyrrole nitrogens is 1. The van der Waals surface area contributed by atoms with Crippen LogP contribution in [0.5, 0.6) is 5.75 Å². The van der Waals surface area contributed by atoms with Gasteiger partial charge in [0, 0.05) is 33.5 Å². The van der Waals surface area contributed by atoms with Gasteiger partial charge < -0.3 is 19.5 Å². The van der Waals surface area contributed by atoms with Crippen molar-refractivity contribution in [2.75, 3.05) is 0 Å². The van der Waals surface area contributed by atoms with Crippen LogP contribution in [0.3, 0.4) is 0 Å². The molecule has 4 aromatic rings. The van der Waals surface area contributed by atoms with Crippen molar-refractivity contribution in [1.82, 2.24) is 10.3 Å². The summed E-state index contributed by atoms with van der Waals surface area (Å²) in [6.45, 7) is 2.87. The van der Waals surface area contributed by atoms with Gasteiger partial charge in [0.2, 0.25) is 5.91 Å². The summed E-state index contributed by atoms with van der Waals surface area (Å²) in [5, 5.41) is 5.61. The molecular formula is C23H21ClN2O3. The highest BCUT2D eigenvalue weighted by Gasteiger charge is 2.44. The molecule has 1 fully saturated rings. The van der Waals surface area contributed by atoms with E-state index in [0.29, 0.717) is 23.9 Å². The number of hydrogen-bond donors (Lipinski definition) is 2. The molecule has 0 bridgehead atoms. The van der Waals surface area contributed by atoms with E-state index >= 15 is 0 Å². The smallest absolute Gasteiger partial charge is 0.226 e. The van der Waals surface area contributed by atoms with E-state index in [1.165, 1.54) is 0 Å². The predicted octanol–water partition coefficient (Wildman–Crippen LogP) is 5.56. The first kappa shape index (κ1) is 18.1. The van der Waals surface area contributed by atoms with Crippen LogP contribution in [0, 0.1) is 5.41 Å². The number of carbonyl (C=O) groups excluding carboxylic acids is 1. The molecule has 2 aromatic heterocycles. The highest BCUT2D eigenvalue weighted by Crippen LogP contribution is 2.45. The van der Waals surface area contributed by atoms with Gasteiger partial charge in [0.1, 0.15) is 17.9 Å². The summed E-state index contributed by atoms with van der Waals surface area (Å²) in [5.41, 5.74) is 3.53. The number of halogens is 1. The largest absolute Gasteiger partial charge is 0.487 e. The highest BCUT2D eigenvalue weighted by atomic mass is 35.5. The van der Waals surface area contributed by atoms with Crippen molar-refractivity contribution in [3.63, 3.8) is 0 Å². The third kappa shape index (κ3) is 3.58. The monoisotopic (exact) mass is 408 g/mol. The maximum atomic E-state index is 12.1. The van der Waals surface area contributed by atoms with Crippen LogP contribution in [0.2, 0.25) is 5.02 Å². The van der Waals surface area contributed by atoms with Crippen LogP contribution in [-0.4, -0.2) is 10.9 Å². The number of benzene rings is 2. The van der Waals surface area contributed by atoms with E-state index < -0.39 is 0 Å².